The predicted molar refractivity (Wildman–Crippen MR) is 68.9 cm³/mol. The summed E-state index contributed by atoms with van der Waals surface area (Å²) in [5, 5.41) is 10.4. The first-order valence-corrected chi connectivity index (χ1v) is 6.59. The lowest BCUT2D eigenvalue weighted by Crippen LogP contribution is -2.30. The molecule has 5 nitrogen and oxygen atoms in total. The van der Waals surface area contributed by atoms with E-state index in [-0.39, 0.29) is 11.1 Å². The minimum Gasteiger partial charge on any atom is -0.353 e. The zero-order valence-electron chi connectivity index (χ0n) is 9.33. The molecule has 1 aliphatic heterocycles. The van der Waals surface area contributed by atoms with Gasteiger partial charge >= 0.3 is 0 Å². The maximum Gasteiger partial charge on any atom is 0.270 e. The Morgan fingerprint density at radius 2 is 2.35 bits per heavy atom. The highest BCUT2D eigenvalue weighted by Crippen LogP contribution is 2.47. The van der Waals surface area contributed by atoms with Gasteiger partial charge in [-0.3, -0.25) is 10.1 Å². The van der Waals surface area contributed by atoms with Gasteiger partial charge < -0.3 is 9.69 Å². The number of non-ortho nitro benzene ring substituents is 1. The van der Waals surface area contributed by atoms with Gasteiger partial charge in [-0.05, 0) is 13.0 Å². The molecule has 0 radical (unpaired) electrons. The van der Waals surface area contributed by atoms with E-state index >= 15 is 0 Å². The molecule has 6 heteroatoms. The molecule has 0 saturated carbocycles. The zero-order chi connectivity index (χ0) is 12.6. The number of aldehydes is 1. The van der Waals surface area contributed by atoms with Crippen molar-refractivity contribution in [3.05, 3.63) is 28.3 Å². The monoisotopic (exact) mass is 252 g/mol. The number of carbonyl (C=O) groups is 1. The third kappa shape index (κ3) is 1.74. The Hall–Kier alpha value is -1.69. The minimum atomic E-state index is -0.539. The first-order valence-electron chi connectivity index (χ1n) is 5.13. The summed E-state index contributed by atoms with van der Waals surface area (Å²) in [7, 11) is -0.539. The number of benzene rings is 1. The van der Waals surface area contributed by atoms with Gasteiger partial charge in [0.05, 0.1) is 10.6 Å². The molecule has 0 saturated heterocycles. The molecule has 0 amide bonds. The number of hydrogen-bond donors (Lipinski definition) is 0. The van der Waals surface area contributed by atoms with E-state index in [1.165, 1.54) is 12.1 Å². The number of nitro groups is 1. The number of nitro benzene ring substituents is 1. The molecule has 0 N–H and O–H groups in total. The third-order valence-electron chi connectivity index (χ3n) is 2.80. The standard InChI is InChI=1S/C11H12N2O3S/c1-3-12-9-5-4-8(13(15)16)6-10(9)17(2)11(12)7-14/h4-7,11H,2-3H2,1H3. The van der Waals surface area contributed by atoms with Crippen molar-refractivity contribution < 1.29 is 9.72 Å². The van der Waals surface area contributed by atoms with Crippen molar-refractivity contribution in [1.82, 2.24) is 0 Å². The fourth-order valence-electron chi connectivity index (χ4n) is 1.98. The number of fused-ring (bicyclic) bond motifs is 1. The molecule has 0 bridgehead atoms. The van der Waals surface area contributed by atoms with Gasteiger partial charge in [-0.25, -0.2) is 0 Å². The lowest BCUT2D eigenvalue weighted by molar-refractivity contribution is -0.385. The molecule has 0 spiro atoms. The Bertz CT molecular complexity index is 515. The lowest BCUT2D eigenvalue weighted by atomic mass is 10.2. The number of nitrogens with zero attached hydrogens (tertiary/aromatic N) is 2. The van der Waals surface area contributed by atoms with Gasteiger partial charge in [-0.15, -0.1) is 10.5 Å². The average Bonchev–Trinajstić information content (AvgIpc) is 2.60. The second-order valence-electron chi connectivity index (χ2n) is 3.65. The first-order chi connectivity index (χ1) is 8.10. The van der Waals surface area contributed by atoms with Crippen molar-refractivity contribution in [1.29, 1.82) is 0 Å². The molecule has 2 rings (SSSR count). The Labute approximate surface area is 101 Å². The van der Waals surface area contributed by atoms with E-state index < -0.39 is 15.4 Å². The van der Waals surface area contributed by atoms with Gasteiger partial charge in [0.25, 0.3) is 5.69 Å². The van der Waals surface area contributed by atoms with E-state index in [0.717, 1.165) is 16.9 Å². The van der Waals surface area contributed by atoms with E-state index in [1.54, 1.807) is 6.07 Å². The molecule has 1 aromatic carbocycles. The average molecular weight is 252 g/mol. The number of rotatable bonds is 3. The number of hydrogen-bond acceptors (Lipinski definition) is 4. The minimum absolute atomic E-state index is 0.0486. The molecule has 0 fully saturated rings. The van der Waals surface area contributed by atoms with Crippen LogP contribution in [0.15, 0.2) is 23.1 Å². The number of anilines is 1. The molecule has 1 aromatic rings. The second-order valence-corrected chi connectivity index (χ2v) is 5.43. The van der Waals surface area contributed by atoms with Crippen LogP contribution in [0.2, 0.25) is 0 Å². The van der Waals surface area contributed by atoms with Gasteiger partial charge in [0.2, 0.25) is 0 Å². The van der Waals surface area contributed by atoms with Crippen molar-refractivity contribution in [2.24, 2.45) is 0 Å². The molecular formula is C11H12N2O3S. The summed E-state index contributed by atoms with van der Waals surface area (Å²) in [5.41, 5.74) is 0.932. The maximum absolute atomic E-state index is 11.1. The third-order valence-corrected chi connectivity index (χ3v) is 4.64. The van der Waals surface area contributed by atoms with E-state index in [4.69, 9.17) is 0 Å². The van der Waals surface area contributed by atoms with E-state index in [0.29, 0.717) is 6.54 Å². The summed E-state index contributed by atoms with van der Waals surface area (Å²) in [4.78, 5) is 24.1. The molecule has 2 unspecified atom stereocenters. The SMILES string of the molecule is C=S1c2cc([N+](=O)[O-])ccc2N(CC)C1C=O. The van der Waals surface area contributed by atoms with Crippen LogP contribution in [-0.2, 0) is 4.79 Å². The van der Waals surface area contributed by atoms with Crippen LogP contribution in [0.1, 0.15) is 6.92 Å². The molecule has 1 aliphatic rings. The molecule has 17 heavy (non-hydrogen) atoms. The van der Waals surface area contributed by atoms with E-state index in [9.17, 15) is 14.9 Å². The fraction of sp³-hybridized carbons (Fsp3) is 0.273. The fourth-order valence-corrected chi connectivity index (χ4v) is 3.67. The predicted octanol–water partition coefficient (Wildman–Crippen LogP) is 2.02. The van der Waals surface area contributed by atoms with Gasteiger partial charge in [-0.1, -0.05) is 5.87 Å². The quantitative estimate of drug-likeness (QED) is 0.357. The largest absolute Gasteiger partial charge is 0.353 e. The Kier molecular flexibility index (Phi) is 2.97. The molecule has 1 heterocycles. The zero-order valence-corrected chi connectivity index (χ0v) is 10.1. The number of likely N-dealkylation sites (N-methyl/N-ethyl adjacent to an activating group) is 1. The number of carbonyl (C=O) groups excluding carboxylic acids is 1. The van der Waals surface area contributed by atoms with E-state index in [2.05, 4.69) is 5.87 Å². The van der Waals surface area contributed by atoms with Crippen LogP contribution < -0.4 is 4.90 Å². The summed E-state index contributed by atoms with van der Waals surface area (Å²) in [6, 6.07) is 4.69. The maximum atomic E-state index is 11.1. The molecule has 0 aromatic heterocycles. The van der Waals surface area contributed by atoms with Crippen LogP contribution in [0.3, 0.4) is 0 Å². The van der Waals surface area contributed by atoms with Gasteiger partial charge in [0.15, 0.2) is 6.29 Å². The summed E-state index contributed by atoms with van der Waals surface area (Å²) < 4.78 is 0. The molecule has 2 atom stereocenters. The topological polar surface area (TPSA) is 63.5 Å². The van der Waals surface area contributed by atoms with Crippen LogP contribution in [0.25, 0.3) is 0 Å². The normalized spacial score (nSPS) is 22.3. The van der Waals surface area contributed by atoms with E-state index in [1.807, 2.05) is 11.8 Å². The highest BCUT2D eigenvalue weighted by Gasteiger charge is 2.31. The summed E-state index contributed by atoms with van der Waals surface area (Å²) in [6.45, 7) is 2.64. The van der Waals surface area contributed by atoms with Crippen molar-refractivity contribution >= 4 is 34.0 Å². The first kappa shape index (κ1) is 11.8. The Balaban J connectivity index is 2.55. The van der Waals surface area contributed by atoms with Crippen molar-refractivity contribution in [3.63, 3.8) is 0 Å². The van der Waals surface area contributed by atoms with Crippen molar-refractivity contribution in [3.8, 4) is 0 Å². The summed E-state index contributed by atoms with van der Waals surface area (Å²) in [6.07, 6.45) is 0.867. The van der Waals surface area contributed by atoms with Crippen LogP contribution >= 0.6 is 10.5 Å². The second kappa shape index (κ2) is 4.29. The van der Waals surface area contributed by atoms with Crippen LogP contribution in [0.5, 0.6) is 0 Å². The van der Waals surface area contributed by atoms with Gasteiger partial charge in [-0.2, -0.15) is 0 Å². The van der Waals surface area contributed by atoms with Crippen molar-refractivity contribution in [2.75, 3.05) is 11.4 Å². The Morgan fingerprint density at radius 3 is 2.88 bits per heavy atom. The van der Waals surface area contributed by atoms with Crippen LogP contribution in [0, 0.1) is 10.1 Å². The molecule has 0 aliphatic carbocycles. The van der Waals surface area contributed by atoms with Gasteiger partial charge in [0.1, 0.15) is 5.37 Å². The van der Waals surface area contributed by atoms with Crippen molar-refractivity contribution in [2.45, 2.75) is 17.2 Å². The highest BCUT2D eigenvalue weighted by atomic mass is 32.2. The molecular weight excluding hydrogens is 240 g/mol. The molecule has 90 valence electrons. The lowest BCUT2D eigenvalue weighted by Gasteiger charge is -2.21. The van der Waals surface area contributed by atoms with Crippen LogP contribution in [-0.4, -0.2) is 29.0 Å². The van der Waals surface area contributed by atoms with Crippen LogP contribution in [0.4, 0.5) is 11.4 Å². The summed E-state index contributed by atoms with van der Waals surface area (Å²) in [5.74, 6) is 3.96. The highest BCUT2D eigenvalue weighted by molar-refractivity contribution is 8.15. The smallest absolute Gasteiger partial charge is 0.270 e. The Morgan fingerprint density at radius 1 is 1.65 bits per heavy atom. The van der Waals surface area contributed by atoms with Gasteiger partial charge in [0, 0.05) is 23.6 Å². The summed E-state index contributed by atoms with van der Waals surface area (Å²) >= 11 is 0.